The van der Waals surface area contributed by atoms with E-state index in [0.717, 1.165) is 0 Å². The largest absolute Gasteiger partial charge is 0.458 e. The van der Waals surface area contributed by atoms with Gasteiger partial charge in [-0.05, 0) is 62.3 Å². The van der Waals surface area contributed by atoms with Crippen LogP contribution >= 0.6 is 0 Å². The zero-order chi connectivity index (χ0) is 71.9. The Morgan fingerprint density at radius 2 is 1.11 bits per heavy atom. The van der Waals surface area contributed by atoms with E-state index in [2.05, 4.69) is 63.5 Å². The number of aliphatic imine (C=N–C) groups is 1. The normalized spacial score (nSPS) is 21.4. The van der Waals surface area contributed by atoms with E-state index in [1.807, 2.05) is 4.90 Å². The Hall–Kier alpha value is -8.56. The second kappa shape index (κ2) is 41.4. The van der Waals surface area contributed by atoms with Crippen LogP contribution in [-0.2, 0) is 78.2 Å². The molecule has 0 unspecified atom stereocenters. The minimum Gasteiger partial charge on any atom is -0.458 e. The number of morpholine rings is 1. The van der Waals surface area contributed by atoms with Crippen LogP contribution in [0.25, 0.3) is 0 Å². The second-order valence-corrected chi connectivity index (χ2v) is 24.6. The maximum Gasteiger partial charge on any atom is 0.329 e. The van der Waals surface area contributed by atoms with Crippen molar-refractivity contribution in [1.82, 2.24) is 63.4 Å². The first-order chi connectivity index (χ1) is 45.4. The molecule has 1 aromatic carbocycles. The molecule has 538 valence electrons. The number of aliphatic hydroxyl groups is 2. The molecule has 3 rings (SSSR count). The summed E-state index contributed by atoms with van der Waals surface area (Å²) in [4.78, 5) is 186. The van der Waals surface area contributed by atoms with Crippen LogP contribution in [0, 0.1) is 23.7 Å². The van der Waals surface area contributed by atoms with Crippen LogP contribution in [-0.4, -0.2) is 223 Å². The molecule has 1 aromatic rings. The topological polar surface area (TPSA) is 507 Å². The molecule has 33 nitrogen and oxygen atoms in total. The number of carbonyl (C=O) groups is 13. The highest BCUT2D eigenvalue weighted by atomic mass is 16.5. The third kappa shape index (κ3) is 26.6. The molecule has 2 saturated heterocycles. The number of rotatable bonds is 36. The molecule has 16 atom stereocenters. The lowest BCUT2D eigenvalue weighted by molar-refractivity contribution is -0.157. The number of esters is 1. The van der Waals surface area contributed by atoms with Gasteiger partial charge in [0.2, 0.25) is 70.9 Å². The molecule has 0 bridgehead atoms. The van der Waals surface area contributed by atoms with Crippen LogP contribution in [0.2, 0.25) is 0 Å². The average Bonchev–Trinajstić information content (AvgIpc) is 1.29. The molecule has 0 saturated carbocycles. The highest BCUT2D eigenvalue weighted by molar-refractivity contribution is 6.00. The van der Waals surface area contributed by atoms with Crippen molar-refractivity contribution in [3.05, 3.63) is 35.9 Å². The number of guanidine groups is 1. The van der Waals surface area contributed by atoms with Crippen LogP contribution in [0.5, 0.6) is 0 Å². The first-order valence-electron chi connectivity index (χ1n) is 32.9. The number of hydrogen-bond acceptors (Lipinski definition) is 19. The van der Waals surface area contributed by atoms with E-state index in [4.69, 9.17) is 26.7 Å². The number of primary amides is 1. The van der Waals surface area contributed by atoms with Gasteiger partial charge in [0.1, 0.15) is 72.6 Å². The molecule has 2 fully saturated rings. The smallest absolute Gasteiger partial charge is 0.329 e. The molecule has 2 aliphatic rings. The summed E-state index contributed by atoms with van der Waals surface area (Å²) >= 11 is 0. The van der Waals surface area contributed by atoms with Gasteiger partial charge in [0, 0.05) is 32.5 Å². The summed E-state index contributed by atoms with van der Waals surface area (Å²) in [6.45, 7) is 15.9. The molecule has 2 aliphatic heterocycles. The molecule has 33 heteroatoms. The van der Waals surface area contributed by atoms with Crippen LogP contribution < -0.4 is 75.7 Å². The lowest BCUT2D eigenvalue weighted by atomic mass is 9.94. The molecule has 2 heterocycles. The van der Waals surface area contributed by atoms with E-state index in [1.54, 1.807) is 85.7 Å². The number of carbonyl (C=O) groups excluding carboxylic acids is 13. The molecule has 12 amide bonds. The van der Waals surface area contributed by atoms with Crippen LogP contribution in [0.1, 0.15) is 126 Å². The average molecular weight is 1360 g/mol. The SMILES string of the molecule is CC[C@@H](C)[C@@H](NC(=O)[C@@H](CCC(N)=O)NC(=O)[C@H](CO)NC(=O)[C@@H](NC(=O)[C@@H](Cc1ccccc1)NC(=O)CN1CCOCC1)[C@@H](C)CC)C(=O)N[C@H](C(=O)N[C@@H](CO)C(=O)N[C@H]1C(=O)N[C@@H](C)C(=O)N[C@@H](CCCN=C(N)N)C(=O)N[C@@H]([C@@H](C)CC)C(=O)O[C@H]1C)[C@@H](C)CC. The van der Waals surface area contributed by atoms with E-state index in [-0.39, 0.29) is 51.2 Å². The first kappa shape index (κ1) is 81.7. The van der Waals surface area contributed by atoms with E-state index >= 15 is 0 Å². The zero-order valence-electron chi connectivity index (χ0n) is 56.8. The van der Waals surface area contributed by atoms with E-state index in [1.165, 1.54) is 13.8 Å². The second-order valence-electron chi connectivity index (χ2n) is 24.6. The summed E-state index contributed by atoms with van der Waals surface area (Å²) in [5.41, 5.74) is 17.1. The van der Waals surface area contributed by atoms with E-state index < -0.39 is 199 Å². The highest BCUT2D eigenvalue weighted by Crippen LogP contribution is 2.18. The van der Waals surface area contributed by atoms with Crippen LogP contribution in [0.15, 0.2) is 35.3 Å². The van der Waals surface area contributed by atoms with Gasteiger partial charge in [-0.3, -0.25) is 67.4 Å². The third-order valence-electron chi connectivity index (χ3n) is 17.2. The van der Waals surface area contributed by atoms with Gasteiger partial charge in [0.05, 0.1) is 33.0 Å². The van der Waals surface area contributed by atoms with E-state index in [9.17, 15) is 72.5 Å². The number of aliphatic hydroxyl groups excluding tert-OH is 2. The summed E-state index contributed by atoms with van der Waals surface area (Å²) in [5.74, 6) is -14.5. The summed E-state index contributed by atoms with van der Waals surface area (Å²) < 4.78 is 11.1. The number of amides is 12. The Balaban J connectivity index is 1.86. The van der Waals surface area contributed by atoms with Crippen molar-refractivity contribution < 1.29 is 82.0 Å². The minimum absolute atomic E-state index is 0.0103. The number of hydrogen-bond donors (Lipinski definition) is 16. The van der Waals surface area contributed by atoms with Crippen molar-refractivity contribution in [3.8, 4) is 0 Å². The van der Waals surface area contributed by atoms with Crippen molar-refractivity contribution in [2.24, 2.45) is 45.9 Å². The Morgan fingerprint density at radius 3 is 1.62 bits per heavy atom. The van der Waals surface area contributed by atoms with Gasteiger partial charge in [0.15, 0.2) is 5.96 Å². The highest BCUT2D eigenvalue weighted by Gasteiger charge is 2.41. The van der Waals surface area contributed by atoms with Gasteiger partial charge >= 0.3 is 5.97 Å². The van der Waals surface area contributed by atoms with Gasteiger partial charge in [-0.1, -0.05) is 111 Å². The summed E-state index contributed by atoms with van der Waals surface area (Å²) in [7, 11) is 0. The first-order valence-corrected chi connectivity index (χ1v) is 32.9. The summed E-state index contributed by atoms with van der Waals surface area (Å²) in [6.07, 6.45) is -0.961. The number of ether oxygens (including phenoxy) is 2. The maximum atomic E-state index is 14.5. The van der Waals surface area contributed by atoms with Gasteiger partial charge in [0.25, 0.3) is 0 Å². The predicted molar refractivity (Wildman–Crippen MR) is 350 cm³/mol. The Labute approximate surface area is 560 Å². The predicted octanol–water partition coefficient (Wildman–Crippen LogP) is -4.65. The van der Waals surface area contributed by atoms with Gasteiger partial charge < -0.3 is 95.4 Å². The molecule has 0 radical (unpaired) electrons. The Kier molecular flexibility index (Phi) is 35.2. The Morgan fingerprint density at radius 1 is 0.615 bits per heavy atom. The molecule has 0 aromatic heterocycles. The van der Waals surface area contributed by atoms with Gasteiger partial charge in [-0.15, -0.1) is 0 Å². The summed E-state index contributed by atoms with van der Waals surface area (Å²) in [6, 6.07) is -7.47. The number of nitrogens with zero attached hydrogens (tertiary/aromatic N) is 2. The van der Waals surface area contributed by atoms with Crippen molar-refractivity contribution in [2.45, 2.75) is 200 Å². The van der Waals surface area contributed by atoms with Crippen molar-refractivity contribution >= 4 is 82.8 Å². The number of cyclic esters (lactones) is 1. The maximum absolute atomic E-state index is 14.5. The molecule has 0 spiro atoms. The monoisotopic (exact) mass is 1360 g/mol. The quantitative estimate of drug-likeness (QED) is 0.0130. The van der Waals surface area contributed by atoms with E-state index in [0.29, 0.717) is 44.7 Å². The standard InChI is InChI=1S/C63H104N16O17/c1-11-33(5)47(75-55(87)42(29-39-19-16-15-17-20-39)69-46(83)30-79-25-27-95-28-26-79)58(90)72-43(31-80)56(88)71-41(22-23-45(64)82)54(86)74-49(35(7)13-3)60(92)76-48(34(6)12-2)59(91)73-44(32-81)57(89)78-51-38(10)96-62(94)50(36(8)14-4)77-53(85)40(21-18-24-67-63(65)66)70-52(84)37(9)68-61(51)93/h15-17,19-20,33-38,40-44,47-51,80-81H,11-14,18,21-32H2,1-10H3,(H2,64,82)(H,68,93)(H,69,83)(H,70,84)(H,71,88)(H,72,90)(H,73,91)(H,74,86)(H,75,87)(H,76,92)(H,77,85)(H,78,89)(H4,65,66,67)/t33-,34-,35+,36-,37-,38-,40-,41+,42+,43-,44-,47-,48-,49+,50-,51+/m0/s1. The van der Waals surface area contributed by atoms with Crippen molar-refractivity contribution in [2.75, 3.05) is 52.6 Å². The van der Waals surface area contributed by atoms with Crippen LogP contribution in [0.3, 0.4) is 0 Å². The fourth-order valence-corrected chi connectivity index (χ4v) is 10.2. The number of benzene rings is 1. The van der Waals surface area contributed by atoms with Gasteiger partial charge in [-0.25, -0.2) is 4.79 Å². The molecular weight excluding hydrogens is 1250 g/mol. The lowest BCUT2D eigenvalue weighted by Gasteiger charge is -2.31. The minimum atomic E-state index is -1.84. The molecule has 96 heavy (non-hydrogen) atoms. The summed E-state index contributed by atoms with van der Waals surface area (Å²) in [5, 5.41) is 49.2. The van der Waals surface area contributed by atoms with Crippen molar-refractivity contribution in [1.29, 1.82) is 0 Å². The third-order valence-corrected chi connectivity index (χ3v) is 17.2. The van der Waals surface area contributed by atoms with Crippen molar-refractivity contribution in [3.63, 3.8) is 0 Å². The molecular formula is C63H104N16O17. The lowest BCUT2D eigenvalue weighted by Crippen LogP contribution is -2.63. The zero-order valence-corrected chi connectivity index (χ0v) is 56.8. The molecule has 19 N–H and O–H groups in total. The Bertz CT molecular complexity index is 2830. The fourth-order valence-electron chi connectivity index (χ4n) is 10.2. The molecule has 0 aliphatic carbocycles. The van der Waals surface area contributed by atoms with Crippen LogP contribution in [0.4, 0.5) is 0 Å². The number of nitrogens with one attached hydrogen (secondary N) is 11. The van der Waals surface area contributed by atoms with Gasteiger partial charge in [-0.2, -0.15) is 0 Å². The fraction of sp³-hybridized carbons (Fsp3) is 0.683. The number of nitrogens with two attached hydrogens (primary N) is 3.